The molecule has 1 aliphatic rings. The molecule has 1 aliphatic heterocycles. The van der Waals surface area contributed by atoms with E-state index in [0.29, 0.717) is 18.3 Å². The summed E-state index contributed by atoms with van der Waals surface area (Å²) in [5.74, 6) is 1.09. The van der Waals surface area contributed by atoms with Gasteiger partial charge < -0.3 is 4.90 Å². The van der Waals surface area contributed by atoms with Crippen LogP contribution < -0.4 is 10.5 Å². The third kappa shape index (κ3) is 3.46. The topological polar surface area (TPSA) is 81.7 Å². The van der Waals surface area contributed by atoms with Gasteiger partial charge in [0.05, 0.1) is 0 Å². The van der Waals surface area contributed by atoms with Crippen LogP contribution in [-0.4, -0.2) is 42.8 Å². The van der Waals surface area contributed by atoms with Crippen molar-refractivity contribution in [2.75, 3.05) is 18.0 Å². The fraction of sp³-hybridized carbons (Fsp3) is 0.438. The number of anilines is 1. The molecule has 1 saturated heterocycles. The molecule has 3 aromatic rings. The minimum atomic E-state index is -0.0712. The van der Waals surface area contributed by atoms with E-state index in [1.165, 1.54) is 0 Å². The fourth-order valence-corrected chi connectivity index (χ4v) is 3.80. The predicted molar refractivity (Wildman–Crippen MR) is 95.2 cm³/mol. The molecular formula is C16H19N7OS. The molecule has 0 spiro atoms. The quantitative estimate of drug-likeness (QED) is 0.704. The van der Waals surface area contributed by atoms with E-state index in [9.17, 15) is 4.79 Å². The first-order valence-corrected chi connectivity index (χ1v) is 9.14. The average Bonchev–Trinajstić information content (AvgIpc) is 3.29. The van der Waals surface area contributed by atoms with Crippen molar-refractivity contribution in [2.24, 2.45) is 5.92 Å². The third-order valence-electron chi connectivity index (χ3n) is 4.42. The summed E-state index contributed by atoms with van der Waals surface area (Å²) in [4.78, 5) is 14.4. The monoisotopic (exact) mass is 357 g/mol. The van der Waals surface area contributed by atoms with Crippen LogP contribution in [0.5, 0.6) is 0 Å². The molecule has 0 aromatic carbocycles. The largest absolute Gasteiger partial charge is 0.347 e. The van der Waals surface area contributed by atoms with Crippen molar-refractivity contribution in [1.29, 1.82) is 0 Å². The van der Waals surface area contributed by atoms with E-state index in [1.54, 1.807) is 39.0 Å². The fourth-order valence-electron chi connectivity index (χ4n) is 3.06. The van der Waals surface area contributed by atoms with Crippen molar-refractivity contribution < 1.29 is 0 Å². The standard InChI is InChI=1S/C16H19N7OS/c1-12-18-19-16(25-12)21-9-5-13(6-10-21)11-23-15(24)4-3-14(20-23)22-8-2-7-17-22/h2-4,7-8,13H,5-6,9-11H2,1H3. The maximum Gasteiger partial charge on any atom is 0.266 e. The van der Waals surface area contributed by atoms with E-state index in [1.807, 2.05) is 19.2 Å². The molecule has 0 radical (unpaired) electrons. The molecule has 130 valence electrons. The van der Waals surface area contributed by atoms with Crippen LogP contribution in [0.1, 0.15) is 17.8 Å². The van der Waals surface area contributed by atoms with Gasteiger partial charge in [-0.25, -0.2) is 9.36 Å². The second kappa shape index (κ2) is 6.75. The van der Waals surface area contributed by atoms with E-state index in [4.69, 9.17) is 0 Å². The molecule has 0 aliphatic carbocycles. The number of hydrogen-bond donors (Lipinski definition) is 0. The highest BCUT2D eigenvalue weighted by molar-refractivity contribution is 7.15. The molecule has 0 N–H and O–H groups in total. The van der Waals surface area contributed by atoms with Gasteiger partial charge >= 0.3 is 0 Å². The lowest BCUT2D eigenvalue weighted by molar-refractivity contribution is 0.334. The van der Waals surface area contributed by atoms with Crippen LogP contribution in [0.15, 0.2) is 35.4 Å². The summed E-state index contributed by atoms with van der Waals surface area (Å²) in [7, 11) is 0. The maximum atomic E-state index is 12.1. The van der Waals surface area contributed by atoms with Gasteiger partial charge in [0.2, 0.25) is 5.13 Å². The highest BCUT2D eigenvalue weighted by atomic mass is 32.1. The van der Waals surface area contributed by atoms with Gasteiger partial charge in [0.15, 0.2) is 5.82 Å². The Balaban J connectivity index is 1.43. The van der Waals surface area contributed by atoms with Crippen molar-refractivity contribution in [3.63, 3.8) is 0 Å². The minimum Gasteiger partial charge on any atom is -0.347 e. The highest BCUT2D eigenvalue weighted by Gasteiger charge is 2.22. The smallest absolute Gasteiger partial charge is 0.266 e. The van der Waals surface area contributed by atoms with Gasteiger partial charge in [-0.3, -0.25) is 4.79 Å². The molecular weight excluding hydrogens is 338 g/mol. The zero-order valence-electron chi connectivity index (χ0n) is 13.9. The van der Waals surface area contributed by atoms with Crippen LogP contribution in [0.2, 0.25) is 0 Å². The van der Waals surface area contributed by atoms with Gasteiger partial charge in [-0.1, -0.05) is 11.3 Å². The van der Waals surface area contributed by atoms with Gasteiger partial charge in [0, 0.05) is 38.1 Å². The number of piperidine rings is 1. The van der Waals surface area contributed by atoms with Gasteiger partial charge in [-0.15, -0.1) is 15.3 Å². The highest BCUT2D eigenvalue weighted by Crippen LogP contribution is 2.26. The first kappa shape index (κ1) is 15.9. The first-order valence-electron chi connectivity index (χ1n) is 8.32. The summed E-state index contributed by atoms with van der Waals surface area (Å²) in [5.41, 5.74) is -0.0712. The summed E-state index contributed by atoms with van der Waals surface area (Å²) in [5, 5.41) is 18.9. The molecule has 4 heterocycles. The molecule has 0 amide bonds. The van der Waals surface area contributed by atoms with Gasteiger partial charge in [-0.05, 0) is 37.8 Å². The van der Waals surface area contributed by atoms with E-state index in [0.717, 1.165) is 36.1 Å². The number of hydrogen-bond acceptors (Lipinski definition) is 7. The Morgan fingerprint density at radius 2 is 2.08 bits per heavy atom. The molecule has 0 atom stereocenters. The molecule has 3 aromatic heterocycles. The molecule has 8 nitrogen and oxygen atoms in total. The molecule has 0 bridgehead atoms. The Morgan fingerprint density at radius 1 is 1.24 bits per heavy atom. The lowest BCUT2D eigenvalue weighted by atomic mass is 9.97. The Bertz CT molecular complexity index is 893. The Labute approximate surface area is 148 Å². The minimum absolute atomic E-state index is 0.0712. The van der Waals surface area contributed by atoms with Gasteiger partial charge in [-0.2, -0.15) is 5.10 Å². The van der Waals surface area contributed by atoms with E-state index >= 15 is 0 Å². The summed E-state index contributed by atoms with van der Waals surface area (Å²) in [6.45, 7) is 4.48. The Kier molecular flexibility index (Phi) is 4.31. The van der Waals surface area contributed by atoms with Crippen LogP contribution >= 0.6 is 11.3 Å². The van der Waals surface area contributed by atoms with Crippen molar-refractivity contribution >= 4 is 16.5 Å². The first-order chi connectivity index (χ1) is 12.2. The molecule has 1 fully saturated rings. The normalized spacial score (nSPS) is 15.6. The van der Waals surface area contributed by atoms with Crippen LogP contribution in [0, 0.1) is 12.8 Å². The van der Waals surface area contributed by atoms with Crippen LogP contribution in [0.4, 0.5) is 5.13 Å². The second-order valence-corrected chi connectivity index (χ2v) is 7.36. The van der Waals surface area contributed by atoms with E-state index < -0.39 is 0 Å². The zero-order chi connectivity index (χ0) is 17.2. The van der Waals surface area contributed by atoms with Crippen molar-refractivity contribution in [3.05, 3.63) is 46.0 Å². The van der Waals surface area contributed by atoms with Gasteiger partial charge in [0.1, 0.15) is 5.01 Å². The van der Waals surface area contributed by atoms with Crippen molar-refractivity contribution in [3.8, 4) is 5.82 Å². The summed E-state index contributed by atoms with van der Waals surface area (Å²) >= 11 is 1.63. The summed E-state index contributed by atoms with van der Waals surface area (Å²) < 4.78 is 3.22. The number of rotatable bonds is 4. The zero-order valence-corrected chi connectivity index (χ0v) is 14.8. The number of nitrogens with zero attached hydrogens (tertiary/aromatic N) is 7. The second-order valence-electron chi connectivity index (χ2n) is 6.20. The van der Waals surface area contributed by atoms with Crippen molar-refractivity contribution in [1.82, 2.24) is 29.8 Å². The molecule has 4 rings (SSSR count). The third-order valence-corrected chi connectivity index (χ3v) is 5.32. The van der Waals surface area contributed by atoms with Gasteiger partial charge in [0.25, 0.3) is 5.56 Å². The molecule has 0 saturated carbocycles. The lowest BCUT2D eigenvalue weighted by Crippen LogP contribution is -2.37. The van der Waals surface area contributed by atoms with E-state index in [-0.39, 0.29) is 5.56 Å². The van der Waals surface area contributed by atoms with Crippen molar-refractivity contribution in [2.45, 2.75) is 26.3 Å². The molecule has 9 heteroatoms. The van der Waals surface area contributed by atoms with Crippen LogP contribution in [0.3, 0.4) is 0 Å². The predicted octanol–water partition coefficient (Wildman–Crippen LogP) is 1.51. The molecule has 0 unspecified atom stereocenters. The SMILES string of the molecule is Cc1nnc(N2CCC(Cn3nc(-n4cccn4)ccc3=O)CC2)s1. The summed E-state index contributed by atoms with van der Waals surface area (Å²) in [6.07, 6.45) is 5.54. The average molecular weight is 357 g/mol. The number of aromatic nitrogens is 6. The van der Waals surface area contributed by atoms with Crippen LogP contribution in [0.25, 0.3) is 5.82 Å². The lowest BCUT2D eigenvalue weighted by Gasteiger charge is -2.31. The van der Waals surface area contributed by atoms with E-state index in [2.05, 4.69) is 25.3 Å². The maximum absolute atomic E-state index is 12.1. The Hall–Kier alpha value is -2.55. The number of aryl methyl sites for hydroxylation is 1. The Morgan fingerprint density at radius 3 is 2.76 bits per heavy atom. The summed E-state index contributed by atoms with van der Waals surface area (Å²) in [6, 6.07) is 5.09. The van der Waals surface area contributed by atoms with Crippen LogP contribution in [-0.2, 0) is 6.54 Å². The molecule has 25 heavy (non-hydrogen) atoms.